The molecule has 1 aromatic carbocycles. The Morgan fingerprint density at radius 1 is 1.32 bits per heavy atom. The summed E-state index contributed by atoms with van der Waals surface area (Å²) in [4.78, 5) is 12.2. The van der Waals surface area contributed by atoms with Gasteiger partial charge in [-0.2, -0.15) is 5.26 Å². The van der Waals surface area contributed by atoms with Gasteiger partial charge in [0.2, 0.25) is 0 Å². The lowest BCUT2D eigenvalue weighted by atomic mass is 9.85. The summed E-state index contributed by atoms with van der Waals surface area (Å²) in [5, 5.41) is 19.8. The molecule has 0 unspecified atom stereocenters. The van der Waals surface area contributed by atoms with Crippen LogP contribution in [0.1, 0.15) is 31.0 Å². The number of aromatic nitrogens is 1. The number of aliphatic hydroxyl groups excluding tert-OH is 1. The molecule has 0 saturated carbocycles. The van der Waals surface area contributed by atoms with Crippen molar-refractivity contribution in [2.75, 3.05) is 0 Å². The Morgan fingerprint density at radius 2 is 2.09 bits per heavy atom. The zero-order valence-electron chi connectivity index (χ0n) is 12.4. The van der Waals surface area contributed by atoms with Crippen LogP contribution in [0, 0.1) is 11.3 Å². The highest BCUT2D eigenvalue weighted by Gasteiger charge is 2.44. The van der Waals surface area contributed by atoms with E-state index in [-0.39, 0.29) is 5.56 Å². The molecule has 5 nitrogen and oxygen atoms in total. The first-order chi connectivity index (χ1) is 10.4. The van der Waals surface area contributed by atoms with Crippen molar-refractivity contribution in [3.8, 4) is 11.8 Å². The zero-order chi connectivity index (χ0) is 15.9. The van der Waals surface area contributed by atoms with Crippen molar-refractivity contribution in [2.24, 2.45) is 0 Å². The third-order valence-corrected chi connectivity index (χ3v) is 3.99. The van der Waals surface area contributed by atoms with Gasteiger partial charge in [0, 0.05) is 17.8 Å². The molecule has 3 rings (SSSR count). The minimum atomic E-state index is -0.922. The highest BCUT2D eigenvalue weighted by molar-refractivity contribution is 5.46. The summed E-state index contributed by atoms with van der Waals surface area (Å²) in [6, 6.07) is 11.4. The predicted octanol–water partition coefficient (Wildman–Crippen LogP) is 1.84. The van der Waals surface area contributed by atoms with E-state index in [9.17, 15) is 9.90 Å². The van der Waals surface area contributed by atoms with E-state index in [1.54, 1.807) is 50.4 Å². The Hall–Kier alpha value is -2.58. The molecule has 0 spiro atoms. The lowest BCUT2D eigenvalue weighted by Crippen LogP contribution is -2.52. The fourth-order valence-electron chi connectivity index (χ4n) is 2.81. The molecule has 1 aliphatic rings. The number of pyridine rings is 1. The summed E-state index contributed by atoms with van der Waals surface area (Å²) < 4.78 is 7.33. The number of hydrogen-bond donors (Lipinski definition) is 1. The lowest BCUT2D eigenvalue weighted by Gasteiger charge is -2.42. The molecule has 22 heavy (non-hydrogen) atoms. The van der Waals surface area contributed by atoms with Crippen molar-refractivity contribution in [1.82, 2.24) is 4.57 Å². The van der Waals surface area contributed by atoms with Crippen molar-refractivity contribution in [3.63, 3.8) is 0 Å². The molecular weight excluding hydrogens is 280 g/mol. The molecular formula is C17H16N2O3. The minimum Gasteiger partial charge on any atom is -0.485 e. The minimum absolute atomic E-state index is 0.211. The van der Waals surface area contributed by atoms with Crippen LogP contribution in [0.25, 0.3) is 0 Å². The molecule has 2 heterocycles. The summed E-state index contributed by atoms with van der Waals surface area (Å²) >= 11 is 0. The number of aliphatic hydroxyl groups is 1. The van der Waals surface area contributed by atoms with Crippen molar-refractivity contribution in [2.45, 2.75) is 31.6 Å². The molecule has 0 amide bonds. The molecule has 1 aromatic heterocycles. The van der Waals surface area contributed by atoms with Gasteiger partial charge in [0.1, 0.15) is 17.5 Å². The largest absolute Gasteiger partial charge is 0.485 e. The van der Waals surface area contributed by atoms with Gasteiger partial charge in [0.05, 0.1) is 17.7 Å². The Balaban J connectivity index is 2.26. The third kappa shape index (κ3) is 2.18. The van der Waals surface area contributed by atoms with Gasteiger partial charge in [-0.3, -0.25) is 4.79 Å². The van der Waals surface area contributed by atoms with Crippen LogP contribution in [0.2, 0.25) is 0 Å². The van der Waals surface area contributed by atoms with Gasteiger partial charge in [-0.1, -0.05) is 6.07 Å². The van der Waals surface area contributed by atoms with Gasteiger partial charge in [-0.05, 0) is 38.1 Å². The SMILES string of the molecule is CC1(C)Oc2ccc(C#N)cc2[C@@H](n2ccccc2=O)[C@@H]1O. The second kappa shape index (κ2) is 5.00. The first kappa shape index (κ1) is 14.4. The lowest BCUT2D eigenvalue weighted by molar-refractivity contribution is -0.0642. The van der Waals surface area contributed by atoms with E-state index in [0.29, 0.717) is 16.9 Å². The van der Waals surface area contributed by atoms with Crippen molar-refractivity contribution in [3.05, 3.63) is 64.1 Å². The summed E-state index contributed by atoms with van der Waals surface area (Å²) in [5.41, 5.74) is 0.0427. The maximum atomic E-state index is 12.2. The highest BCUT2D eigenvalue weighted by Crippen LogP contribution is 2.41. The fraction of sp³-hybridized carbons (Fsp3) is 0.294. The second-order valence-corrected chi connectivity index (χ2v) is 5.91. The molecule has 0 aliphatic carbocycles. The van der Waals surface area contributed by atoms with Crippen LogP contribution in [0.3, 0.4) is 0 Å². The molecule has 2 atom stereocenters. The average molecular weight is 296 g/mol. The smallest absolute Gasteiger partial charge is 0.251 e. The number of fused-ring (bicyclic) bond motifs is 1. The van der Waals surface area contributed by atoms with E-state index in [1.807, 2.05) is 0 Å². The summed E-state index contributed by atoms with van der Waals surface area (Å²) in [5.74, 6) is 0.579. The molecule has 0 saturated heterocycles. The topological polar surface area (TPSA) is 75.2 Å². The van der Waals surface area contributed by atoms with E-state index < -0.39 is 17.7 Å². The quantitative estimate of drug-likeness (QED) is 0.871. The van der Waals surface area contributed by atoms with Gasteiger partial charge < -0.3 is 14.4 Å². The molecule has 0 bridgehead atoms. The molecule has 112 valence electrons. The van der Waals surface area contributed by atoms with Crippen molar-refractivity contribution >= 4 is 0 Å². The van der Waals surface area contributed by atoms with Crippen LogP contribution in [0.5, 0.6) is 5.75 Å². The molecule has 1 aliphatic heterocycles. The first-order valence-corrected chi connectivity index (χ1v) is 7.02. The van der Waals surface area contributed by atoms with Gasteiger partial charge in [0.15, 0.2) is 0 Å². The summed E-state index contributed by atoms with van der Waals surface area (Å²) in [7, 11) is 0. The van der Waals surface area contributed by atoms with Gasteiger partial charge in [0.25, 0.3) is 5.56 Å². The van der Waals surface area contributed by atoms with Crippen molar-refractivity contribution < 1.29 is 9.84 Å². The second-order valence-electron chi connectivity index (χ2n) is 5.91. The Kier molecular flexibility index (Phi) is 3.27. The van der Waals surface area contributed by atoms with Crippen LogP contribution in [0.4, 0.5) is 0 Å². The maximum Gasteiger partial charge on any atom is 0.251 e. The van der Waals surface area contributed by atoms with Gasteiger partial charge in [-0.15, -0.1) is 0 Å². The first-order valence-electron chi connectivity index (χ1n) is 7.02. The fourth-order valence-corrected chi connectivity index (χ4v) is 2.81. The Bertz CT molecular complexity index is 817. The third-order valence-electron chi connectivity index (χ3n) is 3.99. The van der Waals surface area contributed by atoms with Gasteiger partial charge in [-0.25, -0.2) is 0 Å². The molecule has 1 N–H and O–H groups in total. The summed E-state index contributed by atoms with van der Waals surface area (Å²) in [6.45, 7) is 3.56. The summed E-state index contributed by atoms with van der Waals surface area (Å²) in [6.07, 6.45) is 0.717. The number of benzene rings is 1. The number of ether oxygens (including phenoxy) is 1. The number of nitrogens with zero attached hydrogens (tertiary/aromatic N) is 2. The number of hydrogen-bond acceptors (Lipinski definition) is 4. The van der Waals surface area contributed by atoms with E-state index in [4.69, 9.17) is 10.00 Å². The van der Waals surface area contributed by atoms with Crippen molar-refractivity contribution in [1.29, 1.82) is 5.26 Å². The molecule has 5 heteroatoms. The molecule has 2 aromatic rings. The van der Waals surface area contributed by atoms with Crippen LogP contribution in [-0.2, 0) is 0 Å². The molecule has 0 radical (unpaired) electrons. The van der Waals surface area contributed by atoms with E-state index in [1.165, 1.54) is 10.6 Å². The zero-order valence-corrected chi connectivity index (χ0v) is 12.4. The molecule has 0 fully saturated rings. The van der Waals surface area contributed by atoms with E-state index >= 15 is 0 Å². The number of nitriles is 1. The Labute approximate surface area is 128 Å². The van der Waals surface area contributed by atoms with E-state index in [2.05, 4.69) is 6.07 Å². The standard InChI is InChI=1S/C17H16N2O3/c1-17(2)16(21)15(19-8-4-3-5-14(19)20)12-9-11(10-18)6-7-13(12)22-17/h3-9,15-16,21H,1-2H3/t15-,16+/m1/s1. The van der Waals surface area contributed by atoms with Crippen LogP contribution < -0.4 is 10.3 Å². The van der Waals surface area contributed by atoms with Crippen LogP contribution in [-0.4, -0.2) is 21.4 Å². The van der Waals surface area contributed by atoms with Crippen LogP contribution in [0.15, 0.2) is 47.4 Å². The number of rotatable bonds is 1. The van der Waals surface area contributed by atoms with E-state index in [0.717, 1.165) is 0 Å². The maximum absolute atomic E-state index is 12.2. The normalized spacial score (nSPS) is 22.3. The highest BCUT2D eigenvalue weighted by atomic mass is 16.5. The predicted molar refractivity (Wildman–Crippen MR) is 80.7 cm³/mol. The van der Waals surface area contributed by atoms with Gasteiger partial charge >= 0.3 is 0 Å². The monoisotopic (exact) mass is 296 g/mol. The Morgan fingerprint density at radius 3 is 2.77 bits per heavy atom. The average Bonchev–Trinajstić information content (AvgIpc) is 2.49. The van der Waals surface area contributed by atoms with Crippen LogP contribution >= 0.6 is 0 Å².